The van der Waals surface area contributed by atoms with E-state index in [4.69, 9.17) is 4.98 Å². The molecule has 2 aromatic carbocycles. The lowest BCUT2D eigenvalue weighted by Crippen LogP contribution is -2.25. The number of esters is 1. The van der Waals surface area contributed by atoms with Crippen molar-refractivity contribution in [3.05, 3.63) is 65.7 Å². The van der Waals surface area contributed by atoms with E-state index < -0.39 is 0 Å². The summed E-state index contributed by atoms with van der Waals surface area (Å²) in [5, 5.41) is 3.69. The van der Waals surface area contributed by atoms with Gasteiger partial charge in [-0.3, -0.25) is 9.59 Å². The zero-order valence-corrected chi connectivity index (χ0v) is 15.5. The maximum atomic E-state index is 12.8. The number of nitrogens with one attached hydrogen (secondary N) is 1. The smallest absolute Gasteiger partial charge is 0.305 e. The summed E-state index contributed by atoms with van der Waals surface area (Å²) in [7, 11) is 1.36. The van der Waals surface area contributed by atoms with Gasteiger partial charge in [0.25, 0.3) is 5.91 Å². The van der Waals surface area contributed by atoms with E-state index in [1.165, 1.54) is 12.7 Å². The first kappa shape index (κ1) is 18.6. The van der Waals surface area contributed by atoms with E-state index in [1.54, 1.807) is 0 Å². The van der Waals surface area contributed by atoms with Gasteiger partial charge in [0.15, 0.2) is 0 Å². The van der Waals surface area contributed by atoms with E-state index in [1.807, 2.05) is 61.5 Å². The molecule has 3 aromatic rings. The van der Waals surface area contributed by atoms with Gasteiger partial charge in [-0.2, -0.15) is 0 Å². The summed E-state index contributed by atoms with van der Waals surface area (Å²) in [6.07, 6.45) is 0.814. The lowest BCUT2D eigenvalue weighted by atomic mass is 10.0. The van der Waals surface area contributed by atoms with E-state index in [0.717, 1.165) is 22.2 Å². The summed E-state index contributed by atoms with van der Waals surface area (Å²) < 4.78 is 4.61. The predicted molar refractivity (Wildman–Crippen MR) is 105 cm³/mol. The fourth-order valence-corrected chi connectivity index (χ4v) is 2.87. The van der Waals surface area contributed by atoms with Crippen LogP contribution in [0.2, 0.25) is 0 Å². The van der Waals surface area contributed by atoms with Crippen LogP contribution >= 0.6 is 0 Å². The summed E-state index contributed by atoms with van der Waals surface area (Å²) in [4.78, 5) is 28.6. The van der Waals surface area contributed by atoms with Crippen LogP contribution in [0.15, 0.2) is 54.6 Å². The third-order valence-corrected chi connectivity index (χ3v) is 4.38. The number of carbonyl (C=O) groups excluding carboxylic acids is 2. The van der Waals surface area contributed by atoms with Crippen molar-refractivity contribution in [3.8, 4) is 11.3 Å². The number of para-hydroxylation sites is 1. The van der Waals surface area contributed by atoms with Gasteiger partial charge in [0.2, 0.25) is 0 Å². The van der Waals surface area contributed by atoms with Gasteiger partial charge in [-0.05, 0) is 25.5 Å². The van der Waals surface area contributed by atoms with E-state index in [9.17, 15) is 9.59 Å². The molecule has 0 bridgehead atoms. The number of amides is 1. The molecule has 0 radical (unpaired) electrons. The Bertz CT molecular complexity index is 965. The second-order valence-electron chi connectivity index (χ2n) is 6.37. The normalized spacial score (nSPS) is 10.6. The minimum Gasteiger partial charge on any atom is -0.469 e. The molecule has 0 saturated carbocycles. The molecule has 1 aromatic heterocycles. The van der Waals surface area contributed by atoms with Gasteiger partial charge in [-0.15, -0.1) is 0 Å². The van der Waals surface area contributed by atoms with Crippen LogP contribution in [0.5, 0.6) is 0 Å². The first-order chi connectivity index (χ1) is 13.1. The van der Waals surface area contributed by atoms with E-state index in [2.05, 4.69) is 10.1 Å². The standard InChI is InChI=1S/C22H22N2O3/c1-15-9-11-16(12-10-15)20-14-18(17-6-3-4-7-19(17)24-20)22(26)23-13-5-8-21(25)27-2/h3-4,6-7,9-12,14H,5,8,13H2,1-2H3,(H,23,26). The number of benzene rings is 2. The fourth-order valence-electron chi connectivity index (χ4n) is 2.87. The van der Waals surface area contributed by atoms with E-state index in [-0.39, 0.29) is 18.3 Å². The van der Waals surface area contributed by atoms with Crippen LogP contribution in [-0.4, -0.2) is 30.5 Å². The Labute approximate surface area is 158 Å². The number of carbonyl (C=O) groups is 2. The van der Waals surface area contributed by atoms with Crippen molar-refractivity contribution in [3.63, 3.8) is 0 Å². The SMILES string of the molecule is COC(=O)CCCNC(=O)c1cc(-c2ccc(C)cc2)nc2ccccc12. The first-order valence-electron chi connectivity index (χ1n) is 8.90. The average Bonchev–Trinajstić information content (AvgIpc) is 2.70. The number of rotatable bonds is 6. The van der Waals surface area contributed by atoms with Gasteiger partial charge in [0.05, 0.1) is 23.9 Å². The van der Waals surface area contributed by atoms with Crippen molar-refractivity contribution in [1.82, 2.24) is 10.3 Å². The highest BCUT2D eigenvalue weighted by Crippen LogP contribution is 2.25. The van der Waals surface area contributed by atoms with Crippen molar-refractivity contribution >= 4 is 22.8 Å². The topological polar surface area (TPSA) is 68.3 Å². The lowest BCUT2D eigenvalue weighted by Gasteiger charge is -2.11. The lowest BCUT2D eigenvalue weighted by molar-refractivity contribution is -0.140. The number of methoxy groups -OCH3 is 1. The number of aromatic nitrogens is 1. The van der Waals surface area contributed by atoms with Crippen LogP contribution in [0.25, 0.3) is 22.2 Å². The largest absolute Gasteiger partial charge is 0.469 e. The molecule has 5 nitrogen and oxygen atoms in total. The Balaban J connectivity index is 1.87. The highest BCUT2D eigenvalue weighted by Gasteiger charge is 2.14. The van der Waals surface area contributed by atoms with Gasteiger partial charge >= 0.3 is 5.97 Å². The molecule has 1 N–H and O–H groups in total. The van der Waals surface area contributed by atoms with Crippen LogP contribution < -0.4 is 5.32 Å². The molecule has 0 fully saturated rings. The van der Waals surface area contributed by atoms with Gasteiger partial charge < -0.3 is 10.1 Å². The molecule has 0 saturated heterocycles. The van der Waals surface area contributed by atoms with Crippen LogP contribution in [0, 0.1) is 6.92 Å². The zero-order valence-electron chi connectivity index (χ0n) is 15.5. The first-order valence-corrected chi connectivity index (χ1v) is 8.90. The van der Waals surface area contributed by atoms with E-state index in [0.29, 0.717) is 18.5 Å². The third kappa shape index (κ3) is 4.50. The summed E-state index contributed by atoms with van der Waals surface area (Å²) in [5.74, 6) is -0.452. The molecule has 138 valence electrons. The molecule has 0 atom stereocenters. The van der Waals surface area contributed by atoms with Crippen LogP contribution in [0.4, 0.5) is 0 Å². The summed E-state index contributed by atoms with van der Waals surface area (Å²) in [6, 6.07) is 17.5. The molecule has 0 spiro atoms. The Morgan fingerprint density at radius 1 is 1.07 bits per heavy atom. The number of pyridine rings is 1. The predicted octanol–water partition coefficient (Wildman–Crippen LogP) is 3.89. The highest BCUT2D eigenvalue weighted by atomic mass is 16.5. The van der Waals surface area contributed by atoms with Crippen molar-refractivity contribution in [1.29, 1.82) is 0 Å². The summed E-state index contributed by atoms with van der Waals surface area (Å²) in [5.41, 5.74) is 4.24. The Kier molecular flexibility index (Phi) is 5.81. The van der Waals surface area contributed by atoms with Crippen molar-refractivity contribution < 1.29 is 14.3 Å². The fraction of sp³-hybridized carbons (Fsp3) is 0.227. The summed E-state index contributed by atoms with van der Waals surface area (Å²) in [6.45, 7) is 2.44. The second-order valence-corrected chi connectivity index (χ2v) is 6.37. The van der Waals surface area contributed by atoms with Crippen molar-refractivity contribution in [2.75, 3.05) is 13.7 Å². The number of ether oxygens (including phenoxy) is 1. The van der Waals surface area contributed by atoms with Gasteiger partial charge in [-0.1, -0.05) is 48.0 Å². The molecule has 1 heterocycles. The quantitative estimate of drug-likeness (QED) is 0.533. The zero-order chi connectivity index (χ0) is 19.2. The molecular weight excluding hydrogens is 340 g/mol. The number of nitrogens with zero attached hydrogens (tertiary/aromatic N) is 1. The monoisotopic (exact) mass is 362 g/mol. The van der Waals surface area contributed by atoms with Crippen molar-refractivity contribution in [2.24, 2.45) is 0 Å². The number of fused-ring (bicyclic) bond motifs is 1. The number of hydrogen-bond donors (Lipinski definition) is 1. The molecule has 5 heteroatoms. The Hall–Kier alpha value is -3.21. The average molecular weight is 362 g/mol. The maximum absolute atomic E-state index is 12.8. The van der Waals surface area contributed by atoms with Crippen LogP contribution in [0.3, 0.4) is 0 Å². The molecule has 0 unspecified atom stereocenters. The second kappa shape index (κ2) is 8.45. The third-order valence-electron chi connectivity index (χ3n) is 4.38. The summed E-state index contributed by atoms with van der Waals surface area (Å²) >= 11 is 0. The Morgan fingerprint density at radius 3 is 2.56 bits per heavy atom. The highest BCUT2D eigenvalue weighted by molar-refractivity contribution is 6.07. The molecular formula is C22H22N2O3. The minimum absolute atomic E-state index is 0.174. The number of hydrogen-bond acceptors (Lipinski definition) is 4. The van der Waals surface area contributed by atoms with Gasteiger partial charge in [0.1, 0.15) is 0 Å². The van der Waals surface area contributed by atoms with Crippen LogP contribution in [0.1, 0.15) is 28.8 Å². The molecule has 0 aliphatic rings. The number of aryl methyl sites for hydroxylation is 1. The maximum Gasteiger partial charge on any atom is 0.305 e. The minimum atomic E-state index is -0.278. The van der Waals surface area contributed by atoms with Crippen molar-refractivity contribution in [2.45, 2.75) is 19.8 Å². The van der Waals surface area contributed by atoms with Gasteiger partial charge in [-0.25, -0.2) is 4.98 Å². The molecule has 3 rings (SSSR count). The molecule has 0 aliphatic heterocycles. The van der Waals surface area contributed by atoms with E-state index >= 15 is 0 Å². The van der Waals surface area contributed by atoms with Gasteiger partial charge in [0, 0.05) is 23.9 Å². The molecule has 27 heavy (non-hydrogen) atoms. The van der Waals surface area contributed by atoms with Crippen LogP contribution in [-0.2, 0) is 9.53 Å². The molecule has 1 amide bonds. The molecule has 0 aliphatic carbocycles. The Morgan fingerprint density at radius 2 is 1.81 bits per heavy atom.